The normalized spacial score (nSPS) is 15.7. The van der Waals surface area contributed by atoms with Gasteiger partial charge in [0, 0.05) is 0 Å². The summed E-state index contributed by atoms with van der Waals surface area (Å²) < 4.78 is 25.4. The smallest absolute Gasteiger partial charge is 0.235 e. The zero-order chi connectivity index (χ0) is 21.6. The van der Waals surface area contributed by atoms with Gasteiger partial charge in [-0.3, -0.25) is 4.79 Å². The highest BCUT2D eigenvalue weighted by atomic mass is 19.1. The number of carbonyl (C=O) groups excluding carboxylic acids is 1. The van der Waals surface area contributed by atoms with Crippen molar-refractivity contribution in [2.45, 2.75) is 38.0 Å². The number of benzene rings is 3. The maximum absolute atomic E-state index is 14.6. The molecule has 1 fully saturated rings. The molecule has 1 saturated carbocycles. The monoisotopic (exact) mass is 417 g/mol. The van der Waals surface area contributed by atoms with Gasteiger partial charge in [0.1, 0.15) is 5.82 Å². The van der Waals surface area contributed by atoms with Gasteiger partial charge >= 0.3 is 0 Å². The lowest BCUT2D eigenvalue weighted by Crippen LogP contribution is -2.28. The van der Waals surface area contributed by atoms with Crippen molar-refractivity contribution in [2.24, 2.45) is 0 Å². The molecule has 0 unspecified atom stereocenters. The molecule has 0 atom stereocenters. The van der Waals surface area contributed by atoms with Crippen LogP contribution in [0.15, 0.2) is 60.7 Å². The molecule has 1 heterocycles. The van der Waals surface area contributed by atoms with E-state index in [0.29, 0.717) is 17.4 Å². The Bertz CT molecular complexity index is 1170. The number of hydrogen-bond acceptors (Lipinski definition) is 3. The van der Waals surface area contributed by atoms with E-state index >= 15 is 0 Å². The highest BCUT2D eigenvalue weighted by Gasteiger charge is 2.51. The van der Waals surface area contributed by atoms with Crippen LogP contribution in [-0.2, 0) is 10.2 Å². The zero-order valence-corrected chi connectivity index (χ0v) is 17.6. The van der Waals surface area contributed by atoms with Gasteiger partial charge in [-0.15, -0.1) is 0 Å². The van der Waals surface area contributed by atoms with E-state index < -0.39 is 11.2 Å². The number of hydrogen-bond donors (Lipinski definition) is 1. The van der Waals surface area contributed by atoms with Crippen LogP contribution in [0.3, 0.4) is 0 Å². The summed E-state index contributed by atoms with van der Waals surface area (Å²) in [5.74, 6) is 1.09. The minimum absolute atomic E-state index is 0.188. The molecule has 158 valence electrons. The summed E-state index contributed by atoms with van der Waals surface area (Å²) in [6.45, 7) is 4.47. The van der Waals surface area contributed by atoms with Crippen molar-refractivity contribution < 1.29 is 18.7 Å². The summed E-state index contributed by atoms with van der Waals surface area (Å²) in [5, 5.41) is 2.84. The van der Waals surface area contributed by atoms with Gasteiger partial charge in [-0.05, 0) is 65.3 Å². The van der Waals surface area contributed by atoms with E-state index in [4.69, 9.17) is 9.47 Å². The molecule has 3 aromatic carbocycles. The lowest BCUT2D eigenvalue weighted by Gasteiger charge is -2.17. The second-order valence-corrected chi connectivity index (χ2v) is 8.58. The molecule has 5 rings (SSSR count). The maximum Gasteiger partial charge on any atom is 0.235 e. The first kappa shape index (κ1) is 19.6. The molecular weight excluding hydrogens is 393 g/mol. The van der Waals surface area contributed by atoms with Crippen LogP contribution in [0.4, 0.5) is 10.1 Å². The largest absolute Gasteiger partial charge is 0.454 e. The number of anilines is 1. The van der Waals surface area contributed by atoms with Crippen molar-refractivity contribution in [3.8, 4) is 22.6 Å². The summed E-state index contributed by atoms with van der Waals surface area (Å²) in [6.07, 6.45) is 1.44. The van der Waals surface area contributed by atoms with Gasteiger partial charge < -0.3 is 14.8 Å². The minimum atomic E-state index is -0.652. The van der Waals surface area contributed by atoms with E-state index in [1.807, 2.05) is 30.3 Å². The summed E-state index contributed by atoms with van der Waals surface area (Å²) in [4.78, 5) is 13.2. The molecule has 0 spiro atoms. The second-order valence-electron chi connectivity index (χ2n) is 8.58. The average Bonchev–Trinajstić information content (AvgIpc) is 3.46. The minimum Gasteiger partial charge on any atom is -0.454 e. The number of halogens is 1. The first-order valence-electron chi connectivity index (χ1n) is 10.6. The molecule has 1 aliphatic heterocycles. The van der Waals surface area contributed by atoms with E-state index in [1.165, 1.54) is 11.6 Å². The number of amides is 1. The highest BCUT2D eigenvalue weighted by molar-refractivity contribution is 6.02. The molecule has 0 aromatic heterocycles. The summed E-state index contributed by atoms with van der Waals surface area (Å²) >= 11 is 0. The molecule has 1 N–H and O–H groups in total. The van der Waals surface area contributed by atoms with Gasteiger partial charge in [0.15, 0.2) is 11.5 Å². The fourth-order valence-electron chi connectivity index (χ4n) is 4.09. The Morgan fingerprint density at radius 2 is 1.74 bits per heavy atom. The predicted octanol–water partition coefficient (Wildman–Crippen LogP) is 6.02. The van der Waals surface area contributed by atoms with Crippen LogP contribution in [0.1, 0.15) is 43.7 Å². The summed E-state index contributed by atoms with van der Waals surface area (Å²) in [5.41, 5.74) is 3.50. The number of ether oxygens (including phenoxy) is 2. The Labute approximate surface area is 181 Å². The lowest BCUT2D eigenvalue weighted by atomic mass is 9.94. The van der Waals surface area contributed by atoms with Gasteiger partial charge in [0.05, 0.1) is 11.1 Å². The molecule has 31 heavy (non-hydrogen) atoms. The highest BCUT2D eigenvalue weighted by Crippen LogP contribution is 2.51. The molecule has 0 saturated heterocycles. The fourth-order valence-corrected chi connectivity index (χ4v) is 4.09. The van der Waals surface area contributed by atoms with Gasteiger partial charge in [0.2, 0.25) is 12.7 Å². The van der Waals surface area contributed by atoms with Gasteiger partial charge in [-0.1, -0.05) is 50.2 Å². The molecule has 4 nitrogen and oxygen atoms in total. The predicted molar refractivity (Wildman–Crippen MR) is 118 cm³/mol. The third-order valence-corrected chi connectivity index (χ3v) is 6.21. The molecule has 2 aliphatic rings. The van der Waals surface area contributed by atoms with Crippen LogP contribution >= 0.6 is 0 Å². The van der Waals surface area contributed by atoms with Gasteiger partial charge in [-0.25, -0.2) is 4.39 Å². The van der Waals surface area contributed by atoms with E-state index in [0.717, 1.165) is 29.5 Å². The third kappa shape index (κ3) is 3.54. The Kier molecular flexibility index (Phi) is 4.69. The second kappa shape index (κ2) is 7.41. The van der Waals surface area contributed by atoms with Gasteiger partial charge in [0.25, 0.3) is 0 Å². The van der Waals surface area contributed by atoms with Crippen LogP contribution < -0.4 is 14.8 Å². The van der Waals surface area contributed by atoms with Crippen molar-refractivity contribution >= 4 is 11.6 Å². The zero-order valence-electron chi connectivity index (χ0n) is 17.6. The summed E-state index contributed by atoms with van der Waals surface area (Å²) in [6, 6.07) is 18.6. The van der Waals surface area contributed by atoms with E-state index in [-0.39, 0.29) is 18.4 Å². The van der Waals surface area contributed by atoms with Crippen LogP contribution in [0.25, 0.3) is 11.1 Å². The summed E-state index contributed by atoms with van der Waals surface area (Å²) in [7, 11) is 0. The first-order valence-corrected chi connectivity index (χ1v) is 10.6. The fraction of sp³-hybridized carbons (Fsp3) is 0.269. The third-order valence-electron chi connectivity index (χ3n) is 6.21. The van der Waals surface area contributed by atoms with E-state index in [2.05, 4.69) is 31.3 Å². The number of carbonyl (C=O) groups is 1. The average molecular weight is 417 g/mol. The van der Waals surface area contributed by atoms with Crippen LogP contribution in [0, 0.1) is 5.82 Å². The van der Waals surface area contributed by atoms with E-state index in [1.54, 1.807) is 12.1 Å². The molecule has 1 aliphatic carbocycles. The van der Waals surface area contributed by atoms with Crippen LogP contribution in [0.2, 0.25) is 0 Å². The van der Waals surface area contributed by atoms with Crippen molar-refractivity contribution in [2.75, 3.05) is 12.1 Å². The maximum atomic E-state index is 14.6. The van der Waals surface area contributed by atoms with Crippen molar-refractivity contribution in [1.82, 2.24) is 0 Å². The number of fused-ring (bicyclic) bond motifs is 1. The standard InChI is InChI=1S/C26H24FNO3/c1-16(2)17-4-3-5-18(12-17)19-6-8-21(27)22(13-19)28-25(29)26(10-11-26)20-7-9-23-24(14-20)31-15-30-23/h3-9,12-14,16H,10-11,15H2,1-2H3,(H,28,29). The molecule has 3 aromatic rings. The van der Waals surface area contributed by atoms with Gasteiger partial charge in [-0.2, -0.15) is 0 Å². The molecular formula is C26H24FNO3. The molecule has 0 bridgehead atoms. The Morgan fingerprint density at radius 3 is 2.52 bits per heavy atom. The Balaban J connectivity index is 1.42. The topological polar surface area (TPSA) is 47.6 Å². The lowest BCUT2D eigenvalue weighted by molar-refractivity contribution is -0.118. The Hall–Kier alpha value is -3.34. The molecule has 0 radical (unpaired) electrons. The quantitative estimate of drug-likeness (QED) is 0.553. The van der Waals surface area contributed by atoms with Crippen LogP contribution in [0.5, 0.6) is 11.5 Å². The van der Waals surface area contributed by atoms with Crippen molar-refractivity contribution in [3.63, 3.8) is 0 Å². The Morgan fingerprint density at radius 1 is 0.968 bits per heavy atom. The number of rotatable bonds is 5. The SMILES string of the molecule is CC(C)c1cccc(-c2ccc(F)c(NC(=O)C3(c4ccc5c(c4)OCO5)CC3)c2)c1. The molecule has 5 heteroatoms. The van der Waals surface area contributed by atoms with Crippen molar-refractivity contribution in [1.29, 1.82) is 0 Å². The molecule has 1 amide bonds. The first-order chi connectivity index (χ1) is 15.0. The van der Waals surface area contributed by atoms with Crippen molar-refractivity contribution in [3.05, 3.63) is 77.6 Å². The van der Waals surface area contributed by atoms with E-state index in [9.17, 15) is 9.18 Å². The number of nitrogens with one attached hydrogen (secondary N) is 1. The van der Waals surface area contributed by atoms with Crippen LogP contribution in [-0.4, -0.2) is 12.7 Å².